The van der Waals surface area contributed by atoms with Gasteiger partial charge in [0.1, 0.15) is 5.75 Å². The van der Waals surface area contributed by atoms with Gasteiger partial charge >= 0.3 is 5.69 Å². The minimum atomic E-state index is -0.398. The lowest BCUT2D eigenvalue weighted by molar-refractivity contribution is 0.308. The van der Waals surface area contributed by atoms with Crippen molar-refractivity contribution in [1.82, 2.24) is 23.1 Å². The van der Waals surface area contributed by atoms with E-state index < -0.39 is 5.69 Å². The van der Waals surface area contributed by atoms with Gasteiger partial charge in [0.05, 0.1) is 12.3 Å². The highest BCUT2D eigenvalue weighted by atomic mass is 16.5. The molecule has 4 aromatic rings. The molecule has 0 atom stereocenters. The average molecular weight is 381 g/mol. The summed E-state index contributed by atoms with van der Waals surface area (Å²) in [6.07, 6.45) is 3.89. The van der Waals surface area contributed by atoms with Gasteiger partial charge in [-0.1, -0.05) is 25.5 Å². The minimum absolute atomic E-state index is 0.362. The number of hydrogen-bond acceptors (Lipinski definition) is 4. The molecule has 0 spiro atoms. The second-order valence-electron chi connectivity index (χ2n) is 6.94. The highest BCUT2D eigenvalue weighted by Crippen LogP contribution is 2.28. The molecule has 0 aliphatic rings. The van der Waals surface area contributed by atoms with Crippen molar-refractivity contribution in [2.75, 3.05) is 6.61 Å². The van der Waals surface area contributed by atoms with E-state index in [0.29, 0.717) is 23.5 Å². The molecule has 0 aliphatic carbocycles. The zero-order valence-electron chi connectivity index (χ0n) is 16.5. The van der Waals surface area contributed by atoms with Gasteiger partial charge in [-0.15, -0.1) is 0 Å². The molecule has 28 heavy (non-hydrogen) atoms. The number of ether oxygens (including phenoxy) is 1. The topological polar surface area (TPSA) is 75.5 Å². The summed E-state index contributed by atoms with van der Waals surface area (Å²) in [5.74, 6) is 1.32. The second kappa shape index (κ2) is 6.70. The number of rotatable bonds is 5. The monoisotopic (exact) mass is 381 g/mol. The van der Waals surface area contributed by atoms with Crippen LogP contribution in [0.15, 0.2) is 40.1 Å². The molecule has 0 N–H and O–H groups in total. The first kappa shape index (κ1) is 18.1. The molecule has 0 amide bonds. The smallest absolute Gasteiger partial charge is 0.332 e. The maximum Gasteiger partial charge on any atom is 0.332 e. The first-order chi connectivity index (χ1) is 13.5. The number of hydrogen-bond donors (Lipinski definition) is 0. The number of nitrogens with zero attached hydrogens (tertiary/aromatic N) is 5. The lowest BCUT2D eigenvalue weighted by Crippen LogP contribution is -2.37. The predicted molar refractivity (Wildman–Crippen MR) is 108 cm³/mol. The largest absolute Gasteiger partial charge is 0.491 e. The first-order valence-electron chi connectivity index (χ1n) is 9.34. The Hall–Kier alpha value is -3.29. The first-order valence-corrected chi connectivity index (χ1v) is 9.34. The van der Waals surface area contributed by atoms with E-state index in [1.807, 2.05) is 42.0 Å². The summed E-state index contributed by atoms with van der Waals surface area (Å²) in [7, 11) is 3.10. The summed E-state index contributed by atoms with van der Waals surface area (Å²) in [6, 6.07) is 7.76. The maximum absolute atomic E-state index is 12.7. The minimum Gasteiger partial charge on any atom is -0.491 e. The molecular formula is C20H23N5O3. The maximum atomic E-state index is 12.7. The van der Waals surface area contributed by atoms with Gasteiger partial charge < -0.3 is 4.74 Å². The Morgan fingerprint density at radius 3 is 2.61 bits per heavy atom. The van der Waals surface area contributed by atoms with E-state index in [1.165, 1.54) is 11.6 Å². The van der Waals surface area contributed by atoms with Gasteiger partial charge in [0.2, 0.25) is 5.78 Å². The molecular weight excluding hydrogens is 358 g/mol. The zero-order valence-corrected chi connectivity index (χ0v) is 16.5. The van der Waals surface area contributed by atoms with Gasteiger partial charge in [0.15, 0.2) is 11.2 Å². The summed E-state index contributed by atoms with van der Waals surface area (Å²) in [5, 5.41) is 0. The number of unbranched alkanes of at least 4 members (excludes halogenated alkanes) is 1. The van der Waals surface area contributed by atoms with Gasteiger partial charge in [0.25, 0.3) is 5.56 Å². The molecule has 0 saturated heterocycles. The molecule has 0 saturated carbocycles. The Kier molecular flexibility index (Phi) is 4.33. The molecule has 8 heteroatoms. The normalized spacial score (nSPS) is 11.6. The molecule has 0 bridgehead atoms. The Balaban J connectivity index is 2.01. The summed E-state index contributed by atoms with van der Waals surface area (Å²) < 4.78 is 12.2. The fourth-order valence-corrected chi connectivity index (χ4v) is 3.47. The van der Waals surface area contributed by atoms with Crippen molar-refractivity contribution in [3.63, 3.8) is 0 Å². The van der Waals surface area contributed by atoms with Gasteiger partial charge in [-0.3, -0.25) is 22.9 Å². The van der Waals surface area contributed by atoms with Crippen molar-refractivity contribution in [3.8, 4) is 11.4 Å². The van der Waals surface area contributed by atoms with Gasteiger partial charge in [0, 0.05) is 26.0 Å². The van der Waals surface area contributed by atoms with E-state index in [-0.39, 0.29) is 5.56 Å². The predicted octanol–water partition coefficient (Wildman–Crippen LogP) is 2.16. The molecule has 8 nitrogen and oxygen atoms in total. The highest BCUT2D eigenvalue weighted by Gasteiger charge is 2.20. The van der Waals surface area contributed by atoms with Crippen molar-refractivity contribution in [2.45, 2.75) is 26.7 Å². The highest BCUT2D eigenvalue weighted by molar-refractivity contribution is 5.76. The fourth-order valence-electron chi connectivity index (χ4n) is 3.47. The van der Waals surface area contributed by atoms with E-state index in [1.54, 1.807) is 11.4 Å². The summed E-state index contributed by atoms with van der Waals surface area (Å²) in [5.41, 5.74) is 1.74. The number of benzene rings is 1. The van der Waals surface area contributed by atoms with Crippen LogP contribution >= 0.6 is 0 Å². The number of aromatic nitrogens is 5. The van der Waals surface area contributed by atoms with Crippen LogP contribution in [-0.4, -0.2) is 29.7 Å². The van der Waals surface area contributed by atoms with Crippen molar-refractivity contribution in [2.24, 2.45) is 14.1 Å². The Morgan fingerprint density at radius 2 is 1.86 bits per heavy atom. The van der Waals surface area contributed by atoms with E-state index in [0.717, 1.165) is 34.5 Å². The van der Waals surface area contributed by atoms with E-state index in [2.05, 4.69) is 11.9 Å². The standard InChI is InChI=1S/C20H23N5O3/c1-5-6-11-28-15-10-8-7-9-14(15)25-13(2)12-24-16-17(21-19(24)25)22(3)20(27)23(4)18(16)26/h7-10,12H,5-6,11H2,1-4H3. The third kappa shape index (κ3) is 2.56. The van der Waals surface area contributed by atoms with Crippen LogP contribution < -0.4 is 16.0 Å². The van der Waals surface area contributed by atoms with Crippen LogP contribution in [0.1, 0.15) is 25.5 Å². The number of imidazole rings is 2. The summed E-state index contributed by atoms with van der Waals surface area (Å²) >= 11 is 0. The van der Waals surface area contributed by atoms with Crippen LogP contribution in [-0.2, 0) is 14.1 Å². The Labute approximate surface area is 161 Å². The number of fused-ring (bicyclic) bond motifs is 3. The van der Waals surface area contributed by atoms with Crippen molar-refractivity contribution < 1.29 is 4.74 Å². The van der Waals surface area contributed by atoms with Gasteiger partial charge in [-0.25, -0.2) is 4.79 Å². The zero-order chi connectivity index (χ0) is 20.0. The van der Waals surface area contributed by atoms with E-state index in [9.17, 15) is 9.59 Å². The van der Waals surface area contributed by atoms with Gasteiger partial charge in [-0.05, 0) is 25.5 Å². The summed E-state index contributed by atoms with van der Waals surface area (Å²) in [6.45, 7) is 4.71. The van der Waals surface area contributed by atoms with Crippen molar-refractivity contribution in [1.29, 1.82) is 0 Å². The second-order valence-corrected chi connectivity index (χ2v) is 6.94. The van der Waals surface area contributed by atoms with Gasteiger partial charge in [-0.2, -0.15) is 4.98 Å². The third-order valence-corrected chi connectivity index (χ3v) is 5.00. The SMILES string of the molecule is CCCCOc1ccccc1-n1c(C)cn2c3c(=O)n(C)c(=O)n(C)c3nc12. The quantitative estimate of drug-likeness (QED) is 0.497. The van der Waals surface area contributed by atoms with Crippen LogP contribution in [0.25, 0.3) is 22.6 Å². The molecule has 3 aromatic heterocycles. The van der Waals surface area contributed by atoms with E-state index in [4.69, 9.17) is 4.74 Å². The summed E-state index contributed by atoms with van der Waals surface area (Å²) in [4.78, 5) is 29.6. The molecule has 1 aromatic carbocycles. The van der Waals surface area contributed by atoms with Crippen LogP contribution in [0.2, 0.25) is 0 Å². The molecule has 146 valence electrons. The van der Waals surface area contributed by atoms with Crippen LogP contribution in [0.3, 0.4) is 0 Å². The number of para-hydroxylation sites is 2. The lowest BCUT2D eigenvalue weighted by atomic mass is 10.2. The van der Waals surface area contributed by atoms with Crippen LogP contribution in [0.5, 0.6) is 5.75 Å². The van der Waals surface area contributed by atoms with Crippen LogP contribution in [0, 0.1) is 6.92 Å². The Morgan fingerprint density at radius 1 is 1.11 bits per heavy atom. The van der Waals surface area contributed by atoms with Crippen molar-refractivity contribution in [3.05, 3.63) is 57.0 Å². The van der Waals surface area contributed by atoms with Crippen LogP contribution in [0.4, 0.5) is 0 Å². The fraction of sp³-hybridized carbons (Fsp3) is 0.350. The number of aryl methyl sites for hydroxylation is 2. The molecule has 0 aliphatic heterocycles. The molecule has 0 unspecified atom stereocenters. The molecule has 0 radical (unpaired) electrons. The molecule has 4 rings (SSSR count). The Bertz CT molecular complexity index is 1310. The molecule has 0 fully saturated rings. The van der Waals surface area contributed by atoms with E-state index >= 15 is 0 Å². The van der Waals surface area contributed by atoms with Crippen molar-refractivity contribution >= 4 is 16.9 Å². The average Bonchev–Trinajstić information content (AvgIpc) is 3.20. The lowest BCUT2D eigenvalue weighted by Gasteiger charge is -2.13. The third-order valence-electron chi connectivity index (χ3n) is 5.00. The molecule has 3 heterocycles.